The summed E-state index contributed by atoms with van der Waals surface area (Å²) >= 11 is 0. The number of hydrogen-bond acceptors (Lipinski definition) is 5. The maximum absolute atomic E-state index is 12.2. The largest absolute Gasteiger partial charge is 0.493 e. The lowest BCUT2D eigenvalue weighted by Crippen LogP contribution is -2.18. The Morgan fingerprint density at radius 1 is 1.19 bits per heavy atom. The predicted octanol–water partition coefficient (Wildman–Crippen LogP) is 3.25. The fourth-order valence-corrected chi connectivity index (χ4v) is 2.46. The molecule has 1 amide bonds. The molecule has 3 aromatic rings. The topological polar surface area (TPSA) is 88.6 Å². The van der Waals surface area contributed by atoms with Gasteiger partial charge < -0.3 is 9.47 Å². The van der Waals surface area contributed by atoms with Crippen molar-refractivity contribution in [2.75, 3.05) is 13.7 Å². The van der Waals surface area contributed by atoms with Gasteiger partial charge in [-0.1, -0.05) is 30.3 Å². The molecule has 7 heteroatoms. The van der Waals surface area contributed by atoms with Crippen LogP contribution >= 0.6 is 0 Å². The van der Waals surface area contributed by atoms with E-state index >= 15 is 0 Å². The molecule has 0 saturated heterocycles. The number of H-pyrrole nitrogens is 1. The van der Waals surface area contributed by atoms with E-state index in [1.165, 1.54) is 6.21 Å². The van der Waals surface area contributed by atoms with Gasteiger partial charge in [0.2, 0.25) is 0 Å². The highest BCUT2D eigenvalue weighted by atomic mass is 16.5. The zero-order valence-corrected chi connectivity index (χ0v) is 15.1. The molecule has 0 unspecified atom stereocenters. The molecule has 0 saturated carbocycles. The number of nitrogens with one attached hydrogen (secondary N) is 2. The molecular weight excluding hydrogens is 344 g/mol. The first-order chi connectivity index (χ1) is 13.2. The SMILES string of the molecule is CCOc1ccc(C=NNC(=O)c2cc(-c3ccccc3)n[nH]2)cc1OC. The molecule has 1 aromatic heterocycles. The molecule has 0 bridgehead atoms. The normalized spacial score (nSPS) is 10.7. The molecule has 138 valence electrons. The maximum Gasteiger partial charge on any atom is 0.289 e. The molecule has 0 aliphatic heterocycles. The first-order valence-corrected chi connectivity index (χ1v) is 8.46. The third-order valence-electron chi connectivity index (χ3n) is 3.76. The second-order valence-corrected chi connectivity index (χ2v) is 5.58. The van der Waals surface area contributed by atoms with Gasteiger partial charge in [0, 0.05) is 5.56 Å². The monoisotopic (exact) mass is 364 g/mol. The van der Waals surface area contributed by atoms with Crippen LogP contribution in [0.3, 0.4) is 0 Å². The van der Waals surface area contributed by atoms with Crippen LogP contribution in [0.4, 0.5) is 0 Å². The molecule has 0 radical (unpaired) electrons. The van der Waals surface area contributed by atoms with E-state index in [2.05, 4.69) is 20.7 Å². The number of carbonyl (C=O) groups excluding carboxylic acids is 1. The number of rotatable bonds is 7. The summed E-state index contributed by atoms with van der Waals surface area (Å²) in [6.45, 7) is 2.46. The summed E-state index contributed by atoms with van der Waals surface area (Å²) in [6.07, 6.45) is 1.53. The van der Waals surface area contributed by atoms with Crippen LogP contribution in [0, 0.1) is 0 Å². The summed E-state index contributed by atoms with van der Waals surface area (Å²) in [4.78, 5) is 12.2. The molecule has 0 aliphatic rings. The molecule has 7 nitrogen and oxygen atoms in total. The number of ether oxygens (including phenoxy) is 2. The van der Waals surface area contributed by atoms with E-state index in [1.807, 2.05) is 43.3 Å². The summed E-state index contributed by atoms with van der Waals surface area (Å²) < 4.78 is 10.8. The molecule has 0 fully saturated rings. The molecule has 2 N–H and O–H groups in total. The lowest BCUT2D eigenvalue weighted by atomic mass is 10.1. The van der Waals surface area contributed by atoms with E-state index in [4.69, 9.17) is 9.47 Å². The number of hydrazone groups is 1. The molecule has 1 heterocycles. The van der Waals surface area contributed by atoms with Gasteiger partial charge in [0.1, 0.15) is 5.69 Å². The van der Waals surface area contributed by atoms with Gasteiger partial charge in [-0.15, -0.1) is 0 Å². The minimum absolute atomic E-state index is 0.329. The van der Waals surface area contributed by atoms with Crippen LogP contribution in [0.5, 0.6) is 11.5 Å². The van der Waals surface area contributed by atoms with Crippen molar-refractivity contribution in [2.45, 2.75) is 6.92 Å². The van der Waals surface area contributed by atoms with E-state index in [1.54, 1.807) is 25.3 Å². The van der Waals surface area contributed by atoms with Crippen LogP contribution in [0.1, 0.15) is 23.0 Å². The number of benzene rings is 2. The summed E-state index contributed by atoms with van der Waals surface area (Å²) in [5.74, 6) is 0.888. The average molecular weight is 364 g/mol. The number of methoxy groups -OCH3 is 1. The Morgan fingerprint density at radius 2 is 2.00 bits per heavy atom. The molecule has 3 rings (SSSR count). The Kier molecular flexibility index (Phi) is 5.84. The highest BCUT2D eigenvalue weighted by Gasteiger charge is 2.10. The van der Waals surface area contributed by atoms with Crippen molar-refractivity contribution < 1.29 is 14.3 Å². The molecule has 27 heavy (non-hydrogen) atoms. The van der Waals surface area contributed by atoms with Crippen LogP contribution in [-0.4, -0.2) is 36.0 Å². The first-order valence-electron chi connectivity index (χ1n) is 8.46. The van der Waals surface area contributed by atoms with Gasteiger partial charge in [-0.05, 0) is 36.8 Å². The van der Waals surface area contributed by atoms with Gasteiger partial charge in [-0.2, -0.15) is 10.2 Å². The second kappa shape index (κ2) is 8.66. The number of carbonyl (C=O) groups is 1. The Labute approximate surface area is 157 Å². The summed E-state index contributed by atoms with van der Waals surface area (Å²) in [5, 5.41) is 10.9. The van der Waals surface area contributed by atoms with Crippen molar-refractivity contribution in [1.29, 1.82) is 0 Å². The highest BCUT2D eigenvalue weighted by Crippen LogP contribution is 2.27. The summed E-state index contributed by atoms with van der Waals surface area (Å²) in [7, 11) is 1.57. The fourth-order valence-electron chi connectivity index (χ4n) is 2.46. The smallest absolute Gasteiger partial charge is 0.289 e. The second-order valence-electron chi connectivity index (χ2n) is 5.58. The molecule has 0 aliphatic carbocycles. The van der Waals surface area contributed by atoms with Gasteiger partial charge in [0.25, 0.3) is 5.91 Å². The zero-order valence-electron chi connectivity index (χ0n) is 15.1. The van der Waals surface area contributed by atoms with E-state index in [0.717, 1.165) is 11.1 Å². The number of nitrogens with zero attached hydrogens (tertiary/aromatic N) is 2. The van der Waals surface area contributed by atoms with Crippen LogP contribution in [0.15, 0.2) is 59.7 Å². The van der Waals surface area contributed by atoms with Gasteiger partial charge in [0.15, 0.2) is 11.5 Å². The van der Waals surface area contributed by atoms with Crippen molar-refractivity contribution in [3.8, 4) is 22.8 Å². The Hall–Kier alpha value is -3.61. The summed E-state index contributed by atoms with van der Waals surface area (Å²) in [6, 6.07) is 16.7. The van der Waals surface area contributed by atoms with Crippen molar-refractivity contribution >= 4 is 12.1 Å². The van der Waals surface area contributed by atoms with E-state index in [0.29, 0.717) is 29.5 Å². The van der Waals surface area contributed by atoms with Gasteiger partial charge in [-0.3, -0.25) is 9.89 Å². The lowest BCUT2D eigenvalue weighted by molar-refractivity contribution is 0.0950. The van der Waals surface area contributed by atoms with Crippen LogP contribution < -0.4 is 14.9 Å². The van der Waals surface area contributed by atoms with Crippen molar-refractivity contribution in [3.05, 3.63) is 65.9 Å². The Morgan fingerprint density at radius 3 is 2.74 bits per heavy atom. The van der Waals surface area contributed by atoms with E-state index < -0.39 is 0 Å². The average Bonchev–Trinajstić information content (AvgIpc) is 3.20. The molecule has 0 spiro atoms. The summed E-state index contributed by atoms with van der Waals surface area (Å²) in [5.41, 5.74) is 5.20. The minimum Gasteiger partial charge on any atom is -0.493 e. The van der Waals surface area contributed by atoms with Crippen molar-refractivity contribution in [3.63, 3.8) is 0 Å². The minimum atomic E-state index is -0.376. The standard InChI is InChI=1S/C20H20N4O3/c1-3-27-18-10-9-14(11-19(18)26-2)13-21-24-20(25)17-12-16(22-23-17)15-7-5-4-6-8-15/h4-13H,3H2,1-2H3,(H,22,23)(H,24,25). The zero-order chi connectivity index (χ0) is 19.1. The third-order valence-corrected chi connectivity index (χ3v) is 3.76. The fraction of sp³-hybridized carbons (Fsp3) is 0.150. The number of aromatic nitrogens is 2. The van der Waals surface area contributed by atoms with Crippen LogP contribution in [0.2, 0.25) is 0 Å². The Bertz CT molecular complexity index is 935. The Balaban J connectivity index is 1.65. The predicted molar refractivity (Wildman–Crippen MR) is 103 cm³/mol. The van der Waals surface area contributed by atoms with E-state index in [-0.39, 0.29) is 5.91 Å². The number of aromatic amines is 1. The third kappa shape index (κ3) is 4.52. The van der Waals surface area contributed by atoms with Crippen LogP contribution in [-0.2, 0) is 0 Å². The first kappa shape index (κ1) is 18.2. The van der Waals surface area contributed by atoms with Crippen LogP contribution in [0.25, 0.3) is 11.3 Å². The van der Waals surface area contributed by atoms with E-state index in [9.17, 15) is 4.79 Å². The van der Waals surface area contributed by atoms with Gasteiger partial charge in [-0.25, -0.2) is 5.43 Å². The molecule has 2 aromatic carbocycles. The highest BCUT2D eigenvalue weighted by molar-refractivity contribution is 5.94. The van der Waals surface area contributed by atoms with Crippen molar-refractivity contribution in [2.24, 2.45) is 5.10 Å². The van der Waals surface area contributed by atoms with Gasteiger partial charge >= 0.3 is 0 Å². The number of hydrogen-bond donors (Lipinski definition) is 2. The molecule has 0 atom stereocenters. The van der Waals surface area contributed by atoms with Crippen molar-refractivity contribution in [1.82, 2.24) is 15.6 Å². The maximum atomic E-state index is 12.2. The lowest BCUT2D eigenvalue weighted by Gasteiger charge is -2.09. The van der Waals surface area contributed by atoms with Gasteiger partial charge in [0.05, 0.1) is 25.6 Å². The molecular formula is C20H20N4O3. The number of amides is 1. The quantitative estimate of drug-likeness (QED) is 0.497.